The second-order valence-electron chi connectivity index (χ2n) is 4.72. The van der Waals surface area contributed by atoms with Crippen LogP contribution in [0.4, 0.5) is 4.39 Å². The number of nitrogens with one attached hydrogen (secondary N) is 1. The minimum atomic E-state index is -3.57. The predicted octanol–water partition coefficient (Wildman–Crippen LogP) is 3.07. The highest BCUT2D eigenvalue weighted by Gasteiger charge is 2.13. The molecule has 0 unspecified atom stereocenters. The quantitative estimate of drug-likeness (QED) is 0.754. The molecule has 0 aromatic heterocycles. The topological polar surface area (TPSA) is 55.4 Å². The molecule has 1 N–H and O–H groups in total. The average Bonchev–Trinajstić information content (AvgIpc) is 2.58. The van der Waals surface area contributed by atoms with Gasteiger partial charge in [-0.05, 0) is 35.9 Å². The lowest BCUT2D eigenvalue weighted by atomic mass is 10.2. The summed E-state index contributed by atoms with van der Waals surface area (Å²) in [6, 6.07) is 15.4. The van der Waals surface area contributed by atoms with Crippen LogP contribution in [0.15, 0.2) is 71.6 Å². The monoisotopic (exact) mass is 335 g/mol. The normalized spacial score (nSPS) is 11.7. The number of alkyl halides is 1. The van der Waals surface area contributed by atoms with Gasteiger partial charge in [-0.15, -0.1) is 0 Å². The number of halogens is 1. The molecule has 23 heavy (non-hydrogen) atoms. The molecule has 0 aliphatic carbocycles. The van der Waals surface area contributed by atoms with E-state index in [1.165, 1.54) is 18.2 Å². The number of rotatable bonds is 8. The fourth-order valence-electron chi connectivity index (χ4n) is 1.85. The molecule has 0 saturated carbocycles. The first kappa shape index (κ1) is 17.2. The Labute approximate surface area is 135 Å². The molecular weight excluding hydrogens is 317 g/mol. The predicted molar refractivity (Wildman–Crippen MR) is 87.5 cm³/mol. The van der Waals surface area contributed by atoms with E-state index >= 15 is 0 Å². The molecule has 0 aliphatic heterocycles. The van der Waals surface area contributed by atoms with Crippen LogP contribution < -0.4 is 9.46 Å². The summed E-state index contributed by atoms with van der Waals surface area (Å²) < 4.78 is 44.2. The Hall–Kier alpha value is -2.18. The van der Waals surface area contributed by atoms with Gasteiger partial charge in [0.25, 0.3) is 0 Å². The van der Waals surface area contributed by atoms with E-state index in [4.69, 9.17) is 4.74 Å². The van der Waals surface area contributed by atoms with Crippen molar-refractivity contribution < 1.29 is 17.5 Å². The van der Waals surface area contributed by atoms with Gasteiger partial charge in [0.05, 0.1) is 4.90 Å². The minimum Gasteiger partial charge on any atom is -0.490 e. The zero-order valence-corrected chi connectivity index (χ0v) is 13.3. The molecule has 2 aromatic rings. The molecule has 2 aromatic carbocycles. The standard InChI is InChI=1S/C17H18FNO3S/c18-12-4-5-13-22-16-8-10-17(11-9-16)23(20,21)19-14-15-6-2-1-3-7-15/h1-11,19H,12-14H2/b5-4+. The van der Waals surface area contributed by atoms with Crippen molar-refractivity contribution in [2.24, 2.45) is 0 Å². The summed E-state index contributed by atoms with van der Waals surface area (Å²) in [5.74, 6) is 0.524. The molecule has 122 valence electrons. The van der Waals surface area contributed by atoms with Gasteiger partial charge in [0, 0.05) is 6.54 Å². The van der Waals surface area contributed by atoms with Crippen LogP contribution in [0, 0.1) is 0 Å². The number of hydrogen-bond acceptors (Lipinski definition) is 3. The van der Waals surface area contributed by atoms with Crippen LogP contribution in [0.1, 0.15) is 5.56 Å². The molecular formula is C17H18FNO3S. The highest BCUT2D eigenvalue weighted by molar-refractivity contribution is 7.89. The molecule has 0 bridgehead atoms. The molecule has 0 amide bonds. The van der Waals surface area contributed by atoms with Gasteiger partial charge in [-0.2, -0.15) is 0 Å². The molecule has 0 atom stereocenters. The van der Waals surface area contributed by atoms with Gasteiger partial charge < -0.3 is 4.74 Å². The van der Waals surface area contributed by atoms with E-state index in [2.05, 4.69) is 4.72 Å². The third-order valence-corrected chi connectivity index (χ3v) is 4.46. The summed E-state index contributed by atoms with van der Waals surface area (Å²) in [6.07, 6.45) is 2.92. The van der Waals surface area contributed by atoms with Gasteiger partial charge >= 0.3 is 0 Å². The Kier molecular flexibility index (Phi) is 6.31. The maximum absolute atomic E-state index is 12.2. The van der Waals surface area contributed by atoms with Crippen LogP contribution >= 0.6 is 0 Å². The first-order valence-electron chi connectivity index (χ1n) is 7.09. The van der Waals surface area contributed by atoms with Crippen LogP contribution in [-0.4, -0.2) is 21.7 Å². The lowest BCUT2D eigenvalue weighted by molar-refractivity contribution is 0.361. The van der Waals surface area contributed by atoms with E-state index < -0.39 is 16.7 Å². The van der Waals surface area contributed by atoms with Crippen molar-refractivity contribution >= 4 is 10.0 Å². The van der Waals surface area contributed by atoms with Crippen molar-refractivity contribution in [3.63, 3.8) is 0 Å². The van der Waals surface area contributed by atoms with E-state index in [9.17, 15) is 12.8 Å². The largest absolute Gasteiger partial charge is 0.490 e. The van der Waals surface area contributed by atoms with Crippen molar-refractivity contribution in [2.75, 3.05) is 13.3 Å². The molecule has 4 nitrogen and oxygen atoms in total. The second-order valence-corrected chi connectivity index (χ2v) is 6.49. The number of allylic oxidation sites excluding steroid dienone is 1. The lowest BCUT2D eigenvalue weighted by Gasteiger charge is -2.08. The van der Waals surface area contributed by atoms with Gasteiger partial charge in [-0.1, -0.05) is 36.4 Å². The van der Waals surface area contributed by atoms with Crippen molar-refractivity contribution in [1.82, 2.24) is 4.72 Å². The summed E-state index contributed by atoms with van der Waals surface area (Å²) in [5, 5.41) is 0. The Morgan fingerprint density at radius 2 is 1.70 bits per heavy atom. The fourth-order valence-corrected chi connectivity index (χ4v) is 2.87. The Morgan fingerprint density at radius 3 is 2.35 bits per heavy atom. The van der Waals surface area contributed by atoms with Gasteiger partial charge in [0.15, 0.2) is 0 Å². The molecule has 0 fully saturated rings. The summed E-state index contributed by atoms with van der Waals surface area (Å²) >= 11 is 0. The summed E-state index contributed by atoms with van der Waals surface area (Å²) in [4.78, 5) is 0.167. The fraction of sp³-hybridized carbons (Fsp3) is 0.176. The van der Waals surface area contributed by atoms with E-state index in [0.29, 0.717) is 5.75 Å². The maximum atomic E-state index is 12.2. The van der Waals surface area contributed by atoms with Crippen molar-refractivity contribution in [3.8, 4) is 5.75 Å². The molecule has 0 aliphatic rings. The molecule has 0 heterocycles. The summed E-state index contributed by atoms with van der Waals surface area (Å²) in [5.41, 5.74) is 0.885. The van der Waals surface area contributed by atoms with Crippen molar-refractivity contribution in [2.45, 2.75) is 11.4 Å². The second kappa shape index (κ2) is 8.45. The third kappa shape index (κ3) is 5.50. The molecule has 0 spiro atoms. The zero-order valence-electron chi connectivity index (χ0n) is 12.5. The van der Waals surface area contributed by atoms with Gasteiger partial charge in [-0.3, -0.25) is 0 Å². The molecule has 0 saturated heterocycles. The van der Waals surface area contributed by atoms with Gasteiger partial charge in [-0.25, -0.2) is 17.5 Å². The minimum absolute atomic E-state index is 0.167. The van der Waals surface area contributed by atoms with E-state index in [1.807, 2.05) is 30.3 Å². The Balaban J connectivity index is 1.95. The summed E-state index contributed by atoms with van der Waals surface area (Å²) in [6.45, 7) is -0.0641. The maximum Gasteiger partial charge on any atom is 0.240 e. The lowest BCUT2D eigenvalue weighted by Crippen LogP contribution is -2.23. The van der Waals surface area contributed by atoms with E-state index in [0.717, 1.165) is 5.56 Å². The molecule has 6 heteroatoms. The Bertz CT molecular complexity index is 728. The van der Waals surface area contributed by atoms with Crippen LogP contribution in [0.2, 0.25) is 0 Å². The van der Waals surface area contributed by atoms with E-state index in [1.54, 1.807) is 18.2 Å². The number of benzene rings is 2. The van der Waals surface area contributed by atoms with E-state index in [-0.39, 0.29) is 18.0 Å². The summed E-state index contributed by atoms with van der Waals surface area (Å²) in [7, 11) is -3.57. The smallest absolute Gasteiger partial charge is 0.240 e. The number of sulfonamides is 1. The highest BCUT2D eigenvalue weighted by Crippen LogP contribution is 2.16. The number of ether oxygens (including phenoxy) is 1. The van der Waals surface area contributed by atoms with Gasteiger partial charge in [0.1, 0.15) is 19.0 Å². The Morgan fingerprint density at radius 1 is 1.00 bits per heavy atom. The van der Waals surface area contributed by atoms with Crippen molar-refractivity contribution in [3.05, 3.63) is 72.3 Å². The highest BCUT2D eigenvalue weighted by atomic mass is 32.2. The van der Waals surface area contributed by atoms with Crippen LogP contribution in [0.5, 0.6) is 5.75 Å². The SMILES string of the molecule is O=S(=O)(NCc1ccccc1)c1ccc(OC/C=C/CF)cc1. The van der Waals surface area contributed by atoms with Crippen LogP contribution in [0.25, 0.3) is 0 Å². The zero-order chi connectivity index (χ0) is 16.5. The van der Waals surface area contributed by atoms with Gasteiger partial charge in [0.2, 0.25) is 10.0 Å². The number of hydrogen-bond donors (Lipinski definition) is 1. The first-order valence-corrected chi connectivity index (χ1v) is 8.57. The third-order valence-electron chi connectivity index (χ3n) is 3.05. The first-order chi connectivity index (χ1) is 11.1. The van der Waals surface area contributed by atoms with Crippen LogP contribution in [0.3, 0.4) is 0 Å². The van der Waals surface area contributed by atoms with Crippen LogP contribution in [-0.2, 0) is 16.6 Å². The molecule has 0 radical (unpaired) electrons. The average molecular weight is 335 g/mol. The van der Waals surface area contributed by atoms with Crippen molar-refractivity contribution in [1.29, 1.82) is 0 Å². The molecule has 2 rings (SSSR count).